The maximum absolute atomic E-state index is 12.4. The van der Waals surface area contributed by atoms with Gasteiger partial charge in [0.1, 0.15) is 17.4 Å². The Bertz CT molecular complexity index is 961. The van der Waals surface area contributed by atoms with Crippen LogP contribution in [0.5, 0.6) is 5.75 Å². The van der Waals surface area contributed by atoms with Crippen molar-refractivity contribution in [3.63, 3.8) is 0 Å². The van der Waals surface area contributed by atoms with Gasteiger partial charge in [-0.25, -0.2) is 0 Å². The van der Waals surface area contributed by atoms with Gasteiger partial charge in [-0.15, -0.1) is 0 Å². The SMILES string of the molecule is COc1ccc([N+](=O)[O-])cc1N/C=C(/C#N)C(=O)Nc1ccc(C)cc1C. The standard InChI is InChI=1S/C19H18N4O4/c1-12-4-6-16(13(2)8-12)22-19(24)14(10-20)11-21-17-9-15(23(25)26)5-7-18(17)27-3/h4-9,11,21H,1-3H3,(H,22,24)/b14-11-. The maximum atomic E-state index is 12.4. The monoisotopic (exact) mass is 366 g/mol. The second kappa shape index (κ2) is 8.49. The maximum Gasteiger partial charge on any atom is 0.271 e. The van der Waals surface area contributed by atoms with Crippen LogP contribution in [0.1, 0.15) is 11.1 Å². The van der Waals surface area contributed by atoms with E-state index in [4.69, 9.17) is 4.74 Å². The van der Waals surface area contributed by atoms with E-state index < -0.39 is 10.8 Å². The van der Waals surface area contributed by atoms with Gasteiger partial charge in [0.15, 0.2) is 0 Å². The van der Waals surface area contributed by atoms with Crippen LogP contribution in [-0.4, -0.2) is 17.9 Å². The summed E-state index contributed by atoms with van der Waals surface area (Å²) in [6.45, 7) is 3.79. The van der Waals surface area contributed by atoms with Gasteiger partial charge in [-0.3, -0.25) is 14.9 Å². The van der Waals surface area contributed by atoms with Crippen LogP contribution < -0.4 is 15.4 Å². The Hall–Kier alpha value is -3.86. The molecule has 0 unspecified atom stereocenters. The van der Waals surface area contributed by atoms with Crippen molar-refractivity contribution in [2.24, 2.45) is 0 Å². The highest BCUT2D eigenvalue weighted by atomic mass is 16.6. The number of rotatable bonds is 6. The van der Waals surface area contributed by atoms with Gasteiger partial charge >= 0.3 is 0 Å². The van der Waals surface area contributed by atoms with Crippen LogP contribution >= 0.6 is 0 Å². The number of non-ortho nitro benzene ring substituents is 1. The number of aryl methyl sites for hydroxylation is 2. The molecule has 0 saturated carbocycles. The topological polar surface area (TPSA) is 117 Å². The van der Waals surface area contributed by atoms with Crippen LogP contribution in [0.2, 0.25) is 0 Å². The zero-order chi connectivity index (χ0) is 20.0. The molecular weight excluding hydrogens is 348 g/mol. The number of carbonyl (C=O) groups excluding carboxylic acids is 1. The summed E-state index contributed by atoms with van der Waals surface area (Å²) >= 11 is 0. The van der Waals surface area contributed by atoms with Crippen LogP contribution in [0, 0.1) is 35.3 Å². The number of methoxy groups -OCH3 is 1. The molecule has 2 aromatic carbocycles. The van der Waals surface area contributed by atoms with Gasteiger partial charge in [-0.05, 0) is 31.5 Å². The van der Waals surface area contributed by atoms with Gasteiger partial charge in [0, 0.05) is 24.0 Å². The van der Waals surface area contributed by atoms with Crippen LogP contribution in [0.3, 0.4) is 0 Å². The molecule has 0 aliphatic heterocycles. The predicted octanol–water partition coefficient (Wildman–Crippen LogP) is 3.68. The van der Waals surface area contributed by atoms with Crippen LogP contribution in [0.4, 0.5) is 17.1 Å². The molecule has 0 aliphatic carbocycles. The van der Waals surface area contributed by atoms with E-state index in [2.05, 4.69) is 10.6 Å². The number of amides is 1. The van der Waals surface area contributed by atoms with Gasteiger partial charge in [0.25, 0.3) is 11.6 Å². The number of hydrogen-bond acceptors (Lipinski definition) is 6. The third-order valence-corrected chi connectivity index (χ3v) is 3.76. The summed E-state index contributed by atoms with van der Waals surface area (Å²) in [4.78, 5) is 22.7. The first-order valence-corrected chi connectivity index (χ1v) is 7.93. The number of nitro benzene ring substituents is 1. The Balaban J connectivity index is 2.23. The zero-order valence-corrected chi connectivity index (χ0v) is 15.1. The van der Waals surface area contributed by atoms with Crippen LogP contribution in [-0.2, 0) is 4.79 Å². The van der Waals surface area contributed by atoms with Crippen molar-refractivity contribution in [2.75, 3.05) is 17.7 Å². The molecule has 0 bridgehead atoms. The third kappa shape index (κ3) is 4.83. The van der Waals surface area contributed by atoms with Crippen molar-refractivity contribution >= 4 is 23.0 Å². The first-order valence-electron chi connectivity index (χ1n) is 7.93. The number of anilines is 2. The van der Waals surface area contributed by atoms with E-state index in [9.17, 15) is 20.2 Å². The largest absolute Gasteiger partial charge is 0.495 e. The summed E-state index contributed by atoms with van der Waals surface area (Å²) in [6, 6.07) is 11.3. The molecule has 2 aromatic rings. The van der Waals surface area contributed by atoms with E-state index in [0.29, 0.717) is 11.4 Å². The summed E-state index contributed by atoms with van der Waals surface area (Å²) in [6.07, 6.45) is 1.18. The molecule has 27 heavy (non-hydrogen) atoms. The molecule has 0 aromatic heterocycles. The van der Waals surface area contributed by atoms with Gasteiger partial charge < -0.3 is 15.4 Å². The molecule has 2 N–H and O–H groups in total. The highest BCUT2D eigenvalue weighted by molar-refractivity contribution is 6.07. The predicted molar refractivity (Wildman–Crippen MR) is 102 cm³/mol. The van der Waals surface area contributed by atoms with Gasteiger partial charge in [-0.2, -0.15) is 5.26 Å². The van der Waals surface area contributed by atoms with Crippen molar-refractivity contribution in [3.8, 4) is 11.8 Å². The van der Waals surface area contributed by atoms with Crippen molar-refractivity contribution in [1.29, 1.82) is 5.26 Å². The van der Waals surface area contributed by atoms with Gasteiger partial charge in [0.2, 0.25) is 0 Å². The Labute approximate surface area is 156 Å². The summed E-state index contributed by atoms with van der Waals surface area (Å²) < 4.78 is 5.13. The fourth-order valence-corrected chi connectivity index (χ4v) is 2.36. The third-order valence-electron chi connectivity index (χ3n) is 3.76. The number of hydrogen-bond donors (Lipinski definition) is 2. The van der Waals surface area contributed by atoms with Gasteiger partial charge in [0.05, 0.1) is 17.7 Å². The lowest BCUT2D eigenvalue weighted by Gasteiger charge is -2.10. The average molecular weight is 366 g/mol. The lowest BCUT2D eigenvalue weighted by Crippen LogP contribution is -2.15. The number of benzene rings is 2. The second-order valence-corrected chi connectivity index (χ2v) is 5.73. The normalized spacial score (nSPS) is 10.7. The number of nitriles is 1. The van der Waals surface area contributed by atoms with E-state index in [1.807, 2.05) is 32.0 Å². The molecule has 0 heterocycles. The molecule has 0 radical (unpaired) electrons. The molecular formula is C19H18N4O4. The van der Waals surface area contributed by atoms with Crippen LogP contribution in [0.25, 0.3) is 0 Å². The van der Waals surface area contributed by atoms with Crippen molar-refractivity contribution in [1.82, 2.24) is 0 Å². The van der Waals surface area contributed by atoms with Crippen molar-refractivity contribution < 1.29 is 14.5 Å². The lowest BCUT2D eigenvalue weighted by molar-refractivity contribution is -0.384. The number of carbonyl (C=O) groups is 1. The minimum atomic E-state index is -0.596. The molecule has 0 atom stereocenters. The first-order chi connectivity index (χ1) is 12.8. The molecule has 0 saturated heterocycles. The van der Waals surface area contributed by atoms with Crippen molar-refractivity contribution in [3.05, 3.63) is 69.4 Å². The minimum Gasteiger partial charge on any atom is -0.495 e. The molecule has 0 spiro atoms. The quantitative estimate of drug-likeness (QED) is 0.348. The summed E-state index contributed by atoms with van der Waals surface area (Å²) in [5, 5.41) is 25.6. The molecule has 1 amide bonds. The number of nitro groups is 1. The number of nitrogens with one attached hydrogen (secondary N) is 2. The number of ether oxygens (including phenoxy) is 1. The fourth-order valence-electron chi connectivity index (χ4n) is 2.36. The average Bonchev–Trinajstić information content (AvgIpc) is 2.64. The molecule has 138 valence electrons. The molecule has 8 heteroatoms. The Morgan fingerprint density at radius 2 is 1.96 bits per heavy atom. The highest BCUT2D eigenvalue weighted by Crippen LogP contribution is 2.29. The second-order valence-electron chi connectivity index (χ2n) is 5.73. The van der Waals surface area contributed by atoms with Crippen molar-refractivity contribution in [2.45, 2.75) is 13.8 Å². The zero-order valence-electron chi connectivity index (χ0n) is 15.1. The van der Waals surface area contributed by atoms with E-state index in [-0.39, 0.29) is 16.9 Å². The smallest absolute Gasteiger partial charge is 0.271 e. The number of nitrogens with zero attached hydrogens (tertiary/aromatic N) is 2. The summed E-state index contributed by atoms with van der Waals surface area (Å²) in [7, 11) is 1.41. The minimum absolute atomic E-state index is 0.148. The van der Waals surface area contributed by atoms with E-state index in [1.54, 1.807) is 6.07 Å². The Morgan fingerprint density at radius 1 is 1.22 bits per heavy atom. The fraction of sp³-hybridized carbons (Fsp3) is 0.158. The first kappa shape index (κ1) is 19.5. The Morgan fingerprint density at radius 3 is 2.56 bits per heavy atom. The van der Waals surface area contributed by atoms with E-state index >= 15 is 0 Å². The summed E-state index contributed by atoms with van der Waals surface area (Å²) in [5.74, 6) is -0.259. The summed E-state index contributed by atoms with van der Waals surface area (Å²) in [5.41, 5.74) is 2.45. The Kier molecular flexibility index (Phi) is 6.12. The molecule has 8 nitrogen and oxygen atoms in total. The van der Waals surface area contributed by atoms with Crippen LogP contribution in [0.15, 0.2) is 48.2 Å². The lowest BCUT2D eigenvalue weighted by atomic mass is 10.1. The molecule has 0 fully saturated rings. The van der Waals surface area contributed by atoms with E-state index in [0.717, 1.165) is 11.1 Å². The van der Waals surface area contributed by atoms with E-state index in [1.165, 1.54) is 31.5 Å². The van der Waals surface area contributed by atoms with Gasteiger partial charge in [-0.1, -0.05) is 17.7 Å². The molecule has 2 rings (SSSR count). The molecule has 0 aliphatic rings. The highest BCUT2D eigenvalue weighted by Gasteiger charge is 2.13.